The zero-order valence-corrected chi connectivity index (χ0v) is 17.4. The Morgan fingerprint density at radius 2 is 1.75 bits per heavy atom. The van der Waals surface area contributed by atoms with Gasteiger partial charge < -0.3 is 0 Å². The van der Waals surface area contributed by atoms with Gasteiger partial charge in [-0.05, 0) is 35.1 Å². The monoisotopic (exact) mass is 436 g/mol. The fraction of sp³-hybridized carbons (Fsp3) is 0.211. The molecule has 1 unspecified atom stereocenters. The van der Waals surface area contributed by atoms with E-state index in [1.165, 1.54) is 12.3 Å². The first-order valence-electron chi connectivity index (χ1n) is 8.57. The van der Waals surface area contributed by atoms with Crippen LogP contribution in [0.2, 0.25) is 0 Å². The molecule has 6 nitrogen and oxygen atoms in total. The van der Waals surface area contributed by atoms with Gasteiger partial charge in [-0.1, -0.05) is 42.5 Å². The summed E-state index contributed by atoms with van der Waals surface area (Å²) in [6.45, 7) is -0.247. The summed E-state index contributed by atoms with van der Waals surface area (Å²) < 4.78 is 53.6. The molecule has 28 heavy (non-hydrogen) atoms. The van der Waals surface area contributed by atoms with Crippen LogP contribution in [0.5, 0.6) is 0 Å². The molecule has 0 aliphatic heterocycles. The number of nitrogens with one attached hydrogen (secondary N) is 1. The lowest BCUT2D eigenvalue weighted by atomic mass is 10.2. The molecule has 0 saturated heterocycles. The SMILES string of the molecule is O=S(=O)(CCc1ccccc1)NCC(c1cccnc1)S(=O)(=O)c1cccs1. The molecule has 0 radical (unpaired) electrons. The number of nitrogens with zero attached hydrogens (tertiary/aromatic N) is 1. The minimum absolute atomic E-state index is 0.115. The second kappa shape index (κ2) is 8.95. The molecule has 0 fully saturated rings. The van der Waals surface area contributed by atoms with Crippen LogP contribution in [0.15, 0.2) is 76.6 Å². The molecule has 0 spiro atoms. The summed E-state index contributed by atoms with van der Waals surface area (Å²) >= 11 is 1.11. The number of thiophene rings is 1. The molecular weight excluding hydrogens is 416 g/mol. The van der Waals surface area contributed by atoms with Crippen molar-refractivity contribution in [1.82, 2.24) is 9.71 Å². The number of hydrogen-bond acceptors (Lipinski definition) is 6. The maximum absolute atomic E-state index is 13.0. The number of rotatable bonds is 9. The van der Waals surface area contributed by atoms with Gasteiger partial charge >= 0.3 is 0 Å². The number of hydrogen-bond donors (Lipinski definition) is 1. The Labute approximate surface area is 169 Å². The van der Waals surface area contributed by atoms with Crippen LogP contribution >= 0.6 is 11.3 Å². The number of sulfone groups is 1. The Kier molecular flexibility index (Phi) is 6.61. The van der Waals surface area contributed by atoms with E-state index in [1.54, 1.807) is 29.8 Å². The van der Waals surface area contributed by atoms with Gasteiger partial charge in [0.25, 0.3) is 0 Å². The molecule has 0 aliphatic rings. The summed E-state index contributed by atoms with van der Waals surface area (Å²) in [5.41, 5.74) is 1.35. The molecule has 2 aromatic heterocycles. The highest BCUT2D eigenvalue weighted by atomic mass is 32.2. The fourth-order valence-corrected chi connectivity index (χ4v) is 6.73. The van der Waals surface area contributed by atoms with E-state index in [0.717, 1.165) is 16.9 Å². The Morgan fingerprint density at radius 3 is 2.39 bits per heavy atom. The van der Waals surface area contributed by atoms with E-state index in [1.807, 2.05) is 30.3 Å². The van der Waals surface area contributed by atoms with Gasteiger partial charge in [0.15, 0.2) is 9.84 Å². The zero-order valence-electron chi connectivity index (χ0n) is 14.9. The quantitative estimate of drug-likeness (QED) is 0.557. The first-order chi connectivity index (χ1) is 13.4. The average molecular weight is 437 g/mol. The van der Waals surface area contributed by atoms with Gasteiger partial charge in [-0.15, -0.1) is 11.3 Å². The minimum Gasteiger partial charge on any atom is -0.264 e. The number of aryl methyl sites for hydroxylation is 1. The number of sulfonamides is 1. The molecule has 3 rings (SSSR count). The number of aromatic nitrogens is 1. The third-order valence-electron chi connectivity index (χ3n) is 4.20. The molecule has 1 atom stereocenters. The molecule has 1 N–H and O–H groups in total. The molecule has 9 heteroatoms. The van der Waals surface area contributed by atoms with Crippen molar-refractivity contribution in [3.63, 3.8) is 0 Å². The summed E-state index contributed by atoms with van der Waals surface area (Å²) in [6.07, 6.45) is 3.35. The van der Waals surface area contributed by atoms with Crippen LogP contribution in [-0.4, -0.2) is 34.1 Å². The van der Waals surface area contributed by atoms with E-state index >= 15 is 0 Å². The fourth-order valence-electron chi connectivity index (χ4n) is 2.71. The molecule has 148 valence electrons. The van der Waals surface area contributed by atoms with Crippen LogP contribution in [0.4, 0.5) is 0 Å². The second-order valence-corrected chi connectivity index (χ2v) is 11.4. The van der Waals surface area contributed by atoms with Gasteiger partial charge in [-0.3, -0.25) is 4.98 Å². The van der Waals surface area contributed by atoms with Crippen LogP contribution in [0.25, 0.3) is 0 Å². The molecule has 2 heterocycles. The van der Waals surface area contributed by atoms with Crippen molar-refractivity contribution in [2.24, 2.45) is 0 Å². The van der Waals surface area contributed by atoms with Gasteiger partial charge in [-0.2, -0.15) is 0 Å². The number of benzene rings is 1. The van der Waals surface area contributed by atoms with Crippen LogP contribution in [0.1, 0.15) is 16.4 Å². The van der Waals surface area contributed by atoms with Gasteiger partial charge in [0.2, 0.25) is 10.0 Å². The normalized spacial score (nSPS) is 13.3. The van der Waals surface area contributed by atoms with Crippen LogP contribution in [0.3, 0.4) is 0 Å². The van der Waals surface area contributed by atoms with E-state index in [-0.39, 0.29) is 16.5 Å². The van der Waals surface area contributed by atoms with Crippen LogP contribution in [-0.2, 0) is 26.3 Å². The van der Waals surface area contributed by atoms with E-state index in [0.29, 0.717) is 12.0 Å². The van der Waals surface area contributed by atoms with Crippen molar-refractivity contribution < 1.29 is 16.8 Å². The molecule has 0 aliphatic carbocycles. The predicted octanol–water partition coefficient (Wildman–Crippen LogP) is 2.82. The van der Waals surface area contributed by atoms with E-state index in [2.05, 4.69) is 9.71 Å². The first kappa shape index (κ1) is 20.7. The van der Waals surface area contributed by atoms with Crippen molar-refractivity contribution in [3.8, 4) is 0 Å². The maximum atomic E-state index is 13.0. The summed E-state index contributed by atoms with van der Waals surface area (Å²) in [5, 5.41) is 0.628. The highest BCUT2D eigenvalue weighted by molar-refractivity contribution is 7.93. The van der Waals surface area contributed by atoms with Crippen molar-refractivity contribution in [1.29, 1.82) is 0 Å². The van der Waals surface area contributed by atoms with Crippen molar-refractivity contribution in [3.05, 3.63) is 83.5 Å². The second-order valence-electron chi connectivity index (χ2n) is 6.16. The molecule has 1 aromatic carbocycles. The first-order valence-corrected chi connectivity index (χ1v) is 12.6. The molecule has 0 saturated carbocycles. The third kappa shape index (κ3) is 5.26. The van der Waals surface area contributed by atoms with Crippen LogP contribution in [0, 0.1) is 0 Å². The summed E-state index contributed by atoms with van der Waals surface area (Å²) in [7, 11) is -7.39. The van der Waals surface area contributed by atoms with E-state index in [9.17, 15) is 16.8 Å². The molecule has 3 aromatic rings. The molecule has 0 bridgehead atoms. The van der Waals surface area contributed by atoms with E-state index < -0.39 is 25.1 Å². The Morgan fingerprint density at radius 1 is 0.964 bits per heavy atom. The largest absolute Gasteiger partial charge is 0.264 e. The minimum atomic E-state index is -3.75. The average Bonchev–Trinajstić information content (AvgIpc) is 3.24. The van der Waals surface area contributed by atoms with E-state index in [4.69, 9.17) is 0 Å². The molecule has 0 amide bonds. The standard InChI is InChI=1S/C19H20N2O4S3/c22-27(23,13-10-16-6-2-1-3-7-16)21-15-18(17-8-4-11-20-14-17)28(24,25)19-9-5-12-26-19/h1-9,11-12,14,18,21H,10,13,15H2. The lowest BCUT2D eigenvalue weighted by Crippen LogP contribution is -2.33. The zero-order chi connectivity index (χ0) is 20.0. The lowest BCUT2D eigenvalue weighted by Gasteiger charge is -2.18. The topological polar surface area (TPSA) is 93.2 Å². The van der Waals surface area contributed by atoms with Gasteiger partial charge in [0.05, 0.1) is 5.75 Å². The van der Waals surface area contributed by atoms with Gasteiger partial charge in [0.1, 0.15) is 9.46 Å². The van der Waals surface area contributed by atoms with Crippen molar-refractivity contribution >= 4 is 31.2 Å². The predicted molar refractivity (Wildman–Crippen MR) is 110 cm³/mol. The Balaban J connectivity index is 1.77. The van der Waals surface area contributed by atoms with Gasteiger partial charge in [-0.25, -0.2) is 21.6 Å². The highest BCUT2D eigenvalue weighted by Crippen LogP contribution is 2.30. The highest BCUT2D eigenvalue weighted by Gasteiger charge is 2.31. The lowest BCUT2D eigenvalue weighted by molar-refractivity contribution is 0.569. The van der Waals surface area contributed by atoms with Crippen LogP contribution < -0.4 is 4.72 Å². The van der Waals surface area contributed by atoms with Gasteiger partial charge in [0, 0.05) is 18.9 Å². The summed E-state index contributed by atoms with van der Waals surface area (Å²) in [5.74, 6) is -0.115. The third-order valence-corrected chi connectivity index (χ3v) is 9.08. The van der Waals surface area contributed by atoms with Crippen molar-refractivity contribution in [2.45, 2.75) is 15.9 Å². The summed E-state index contributed by atoms with van der Waals surface area (Å²) in [4.78, 5) is 3.98. The molecular formula is C19H20N2O4S3. The number of pyridine rings is 1. The Hall–Kier alpha value is -2.07. The maximum Gasteiger partial charge on any atom is 0.211 e. The smallest absolute Gasteiger partial charge is 0.211 e. The Bertz CT molecular complexity index is 1080. The van der Waals surface area contributed by atoms with Crippen molar-refractivity contribution in [2.75, 3.05) is 12.3 Å². The summed E-state index contributed by atoms with van der Waals surface area (Å²) in [6, 6.07) is 15.7.